The van der Waals surface area contributed by atoms with Crippen molar-refractivity contribution in [1.82, 2.24) is 24.8 Å². The van der Waals surface area contributed by atoms with E-state index in [9.17, 15) is 4.79 Å². The fourth-order valence-electron chi connectivity index (χ4n) is 4.28. The first kappa shape index (κ1) is 22.7. The number of aromatic nitrogens is 4. The summed E-state index contributed by atoms with van der Waals surface area (Å²) in [6.07, 6.45) is 10.1. The maximum absolute atomic E-state index is 10.8. The Hall–Kier alpha value is -3.46. The lowest BCUT2D eigenvalue weighted by Gasteiger charge is -2.33. The predicted molar refractivity (Wildman–Crippen MR) is 122 cm³/mol. The van der Waals surface area contributed by atoms with E-state index in [2.05, 4.69) is 24.8 Å². The van der Waals surface area contributed by atoms with E-state index in [0.29, 0.717) is 24.0 Å². The molecule has 3 aromatic rings. The highest BCUT2D eigenvalue weighted by Crippen LogP contribution is 2.30. The summed E-state index contributed by atoms with van der Waals surface area (Å²) in [5.41, 5.74) is 2.90. The molecular weight excluding hydrogens is 422 g/mol. The Morgan fingerprint density at radius 3 is 2.85 bits per heavy atom. The van der Waals surface area contributed by atoms with Crippen LogP contribution in [0.5, 0.6) is 11.5 Å². The molecule has 2 aromatic heterocycles. The van der Waals surface area contributed by atoms with Crippen LogP contribution in [0.15, 0.2) is 43.0 Å². The van der Waals surface area contributed by atoms with E-state index in [-0.39, 0.29) is 0 Å². The van der Waals surface area contributed by atoms with Crippen LogP contribution in [0.1, 0.15) is 31.0 Å². The van der Waals surface area contributed by atoms with Crippen molar-refractivity contribution in [3.05, 3.63) is 54.2 Å². The van der Waals surface area contributed by atoms with Crippen molar-refractivity contribution in [3.63, 3.8) is 0 Å². The number of aliphatic carboxylic acids is 1. The minimum atomic E-state index is -1.01. The van der Waals surface area contributed by atoms with Crippen molar-refractivity contribution in [2.24, 2.45) is 5.92 Å². The third kappa shape index (κ3) is 6.07. The average molecular weight is 452 g/mol. The standard InChI is InChI=1S/C24H29N5O4/c1-2-32-21-13-18(5-6-20(21)33-16-22(30)31)15-29-11-3-4-17(14-29)12-19-23(26-8-7-25-19)24-27-9-10-28-24/h5-10,13,17H,2-4,11-12,14-16H2,1H3,(H,27,28)(H,30,31). The molecule has 3 heterocycles. The van der Waals surface area contributed by atoms with Crippen molar-refractivity contribution < 1.29 is 19.4 Å². The first-order chi connectivity index (χ1) is 16.1. The molecule has 9 nitrogen and oxygen atoms in total. The first-order valence-corrected chi connectivity index (χ1v) is 11.2. The summed E-state index contributed by atoms with van der Waals surface area (Å²) < 4.78 is 11.0. The molecule has 1 aliphatic heterocycles. The van der Waals surface area contributed by atoms with Gasteiger partial charge in [0.1, 0.15) is 5.69 Å². The van der Waals surface area contributed by atoms with Gasteiger partial charge >= 0.3 is 5.97 Å². The van der Waals surface area contributed by atoms with Crippen LogP contribution in [0, 0.1) is 5.92 Å². The highest BCUT2D eigenvalue weighted by atomic mass is 16.5. The molecule has 0 bridgehead atoms. The topological polar surface area (TPSA) is 113 Å². The maximum atomic E-state index is 10.8. The zero-order valence-electron chi connectivity index (χ0n) is 18.7. The number of H-pyrrole nitrogens is 1. The van der Waals surface area contributed by atoms with Gasteiger partial charge < -0.3 is 19.6 Å². The second-order valence-electron chi connectivity index (χ2n) is 8.13. The number of carbonyl (C=O) groups is 1. The summed E-state index contributed by atoms with van der Waals surface area (Å²) in [6, 6.07) is 5.71. The number of rotatable bonds is 10. The van der Waals surface area contributed by atoms with Gasteiger partial charge in [-0.2, -0.15) is 0 Å². The Kier molecular flexibility index (Phi) is 7.51. The number of ether oxygens (including phenoxy) is 2. The highest BCUT2D eigenvalue weighted by Gasteiger charge is 2.23. The van der Waals surface area contributed by atoms with E-state index < -0.39 is 12.6 Å². The van der Waals surface area contributed by atoms with Gasteiger partial charge in [-0.15, -0.1) is 0 Å². The molecule has 1 aromatic carbocycles. The van der Waals surface area contributed by atoms with E-state index in [4.69, 9.17) is 14.6 Å². The number of carboxylic acids is 1. The van der Waals surface area contributed by atoms with Crippen molar-refractivity contribution >= 4 is 5.97 Å². The van der Waals surface area contributed by atoms with Gasteiger partial charge in [-0.3, -0.25) is 9.88 Å². The zero-order chi connectivity index (χ0) is 23.0. The van der Waals surface area contributed by atoms with E-state index in [1.165, 1.54) is 0 Å². The maximum Gasteiger partial charge on any atom is 0.341 e. The molecule has 1 unspecified atom stereocenters. The number of nitrogens with zero attached hydrogens (tertiary/aromatic N) is 4. The number of nitrogens with one attached hydrogen (secondary N) is 1. The first-order valence-electron chi connectivity index (χ1n) is 11.2. The van der Waals surface area contributed by atoms with Crippen LogP contribution in [0.25, 0.3) is 11.5 Å². The lowest BCUT2D eigenvalue weighted by Crippen LogP contribution is -2.36. The minimum Gasteiger partial charge on any atom is -0.490 e. The summed E-state index contributed by atoms with van der Waals surface area (Å²) in [6.45, 7) is 4.77. The molecule has 4 rings (SSSR count). The molecule has 2 N–H and O–H groups in total. The summed E-state index contributed by atoms with van der Waals surface area (Å²) in [5, 5.41) is 8.88. The fraction of sp³-hybridized carbons (Fsp3) is 0.417. The zero-order valence-corrected chi connectivity index (χ0v) is 18.7. The summed E-state index contributed by atoms with van der Waals surface area (Å²) >= 11 is 0. The number of aromatic amines is 1. The Morgan fingerprint density at radius 1 is 1.18 bits per heavy atom. The van der Waals surface area contributed by atoms with Crippen LogP contribution in [0.3, 0.4) is 0 Å². The van der Waals surface area contributed by atoms with Crippen LogP contribution in [0.2, 0.25) is 0 Å². The van der Waals surface area contributed by atoms with E-state index in [1.807, 2.05) is 19.1 Å². The van der Waals surface area contributed by atoms with E-state index >= 15 is 0 Å². The molecule has 1 aliphatic rings. The van der Waals surface area contributed by atoms with Gasteiger partial charge in [0.15, 0.2) is 23.9 Å². The third-order valence-corrected chi connectivity index (χ3v) is 5.65. The van der Waals surface area contributed by atoms with Crippen molar-refractivity contribution in [2.45, 2.75) is 32.7 Å². The van der Waals surface area contributed by atoms with Gasteiger partial charge in [-0.1, -0.05) is 6.07 Å². The van der Waals surface area contributed by atoms with Gasteiger partial charge in [0.2, 0.25) is 0 Å². The number of hydrogen-bond acceptors (Lipinski definition) is 7. The van der Waals surface area contributed by atoms with Gasteiger partial charge in [-0.25, -0.2) is 14.8 Å². The molecule has 0 aliphatic carbocycles. The molecule has 33 heavy (non-hydrogen) atoms. The number of piperidine rings is 1. The quantitative estimate of drug-likeness (QED) is 0.483. The monoisotopic (exact) mass is 451 g/mol. The van der Waals surface area contributed by atoms with E-state index in [1.54, 1.807) is 30.9 Å². The Bertz CT molecular complexity index is 1060. The number of imidazole rings is 1. The Labute approximate surface area is 192 Å². The molecule has 0 saturated carbocycles. The van der Waals surface area contributed by atoms with Gasteiger partial charge in [0.05, 0.1) is 12.3 Å². The molecule has 1 atom stereocenters. The largest absolute Gasteiger partial charge is 0.490 e. The second kappa shape index (κ2) is 10.9. The third-order valence-electron chi connectivity index (χ3n) is 5.65. The lowest BCUT2D eigenvalue weighted by atomic mass is 9.92. The lowest BCUT2D eigenvalue weighted by molar-refractivity contribution is -0.139. The van der Waals surface area contributed by atoms with Crippen LogP contribution >= 0.6 is 0 Å². The molecule has 1 saturated heterocycles. The van der Waals surface area contributed by atoms with Gasteiger partial charge in [-0.05, 0) is 56.3 Å². The second-order valence-corrected chi connectivity index (χ2v) is 8.13. The Morgan fingerprint density at radius 2 is 2.06 bits per heavy atom. The smallest absolute Gasteiger partial charge is 0.341 e. The fourth-order valence-corrected chi connectivity index (χ4v) is 4.28. The number of likely N-dealkylation sites (tertiary alicyclic amines) is 1. The SMILES string of the molecule is CCOc1cc(CN2CCCC(Cc3nccnc3-c3ncc[nH]3)C2)ccc1OCC(=O)O. The minimum absolute atomic E-state index is 0.393. The molecule has 0 spiro atoms. The summed E-state index contributed by atoms with van der Waals surface area (Å²) in [5.74, 6) is 1.24. The van der Waals surface area contributed by atoms with E-state index in [0.717, 1.165) is 61.7 Å². The number of benzene rings is 1. The molecule has 9 heteroatoms. The normalized spacial score (nSPS) is 16.5. The van der Waals surface area contributed by atoms with Crippen LogP contribution in [-0.2, 0) is 17.8 Å². The number of hydrogen-bond donors (Lipinski definition) is 2. The van der Waals surface area contributed by atoms with Crippen LogP contribution in [-0.4, -0.2) is 62.2 Å². The summed E-state index contributed by atoms with van der Waals surface area (Å²) in [7, 11) is 0. The summed E-state index contributed by atoms with van der Waals surface area (Å²) in [4.78, 5) is 29.8. The van der Waals surface area contributed by atoms with Crippen molar-refractivity contribution in [3.8, 4) is 23.0 Å². The molecular formula is C24H29N5O4. The molecule has 174 valence electrons. The average Bonchev–Trinajstić information content (AvgIpc) is 3.34. The molecule has 0 radical (unpaired) electrons. The van der Waals surface area contributed by atoms with Gasteiger partial charge in [0.25, 0.3) is 0 Å². The Balaban J connectivity index is 1.41. The highest BCUT2D eigenvalue weighted by molar-refractivity contribution is 5.68. The molecule has 1 fully saturated rings. The van der Waals surface area contributed by atoms with Crippen LogP contribution < -0.4 is 9.47 Å². The number of carboxylic acid groups (broad SMARTS) is 1. The van der Waals surface area contributed by atoms with Crippen molar-refractivity contribution in [2.75, 3.05) is 26.3 Å². The van der Waals surface area contributed by atoms with Crippen molar-refractivity contribution in [1.29, 1.82) is 0 Å². The van der Waals surface area contributed by atoms with Crippen LogP contribution in [0.4, 0.5) is 0 Å². The van der Waals surface area contributed by atoms with Gasteiger partial charge in [0, 0.05) is 37.9 Å². The predicted octanol–water partition coefficient (Wildman–Crippen LogP) is 3.18. The molecule has 0 amide bonds.